The highest BCUT2D eigenvalue weighted by molar-refractivity contribution is 7.98. The second-order valence-corrected chi connectivity index (χ2v) is 4.15. The van der Waals surface area contributed by atoms with Crippen LogP contribution < -0.4 is 0 Å². The monoisotopic (exact) mass is 224 g/mol. The largest absolute Gasteiger partial charge is 0.263 e. The minimum atomic E-state index is -2.39. The molecule has 0 atom stereocenters. The molecule has 0 aromatic heterocycles. The summed E-state index contributed by atoms with van der Waals surface area (Å²) in [5.74, 6) is 0. The van der Waals surface area contributed by atoms with Crippen LogP contribution in [0, 0.1) is 0 Å². The van der Waals surface area contributed by atoms with E-state index in [-0.39, 0.29) is 5.56 Å². The zero-order chi connectivity index (χ0) is 10.8. The topological polar surface area (TPSA) is 0 Å². The fourth-order valence-electron chi connectivity index (χ4n) is 1.51. The zero-order valence-electron chi connectivity index (χ0n) is 8.21. The molecule has 0 N–H and O–H groups in total. The summed E-state index contributed by atoms with van der Waals surface area (Å²) in [6.07, 6.45) is -0.399. The van der Waals surface area contributed by atoms with Crippen LogP contribution in [0.25, 0.3) is 10.8 Å². The van der Waals surface area contributed by atoms with Gasteiger partial charge in [0, 0.05) is 10.5 Å². The lowest BCUT2D eigenvalue weighted by Crippen LogP contribution is -1.84. The van der Waals surface area contributed by atoms with Crippen LogP contribution in [0.4, 0.5) is 8.78 Å². The van der Waals surface area contributed by atoms with Crippen LogP contribution in [0.2, 0.25) is 0 Å². The van der Waals surface area contributed by atoms with Crippen molar-refractivity contribution < 1.29 is 8.78 Å². The van der Waals surface area contributed by atoms with Gasteiger partial charge in [0.05, 0.1) is 0 Å². The average Bonchev–Trinajstić information content (AvgIpc) is 2.27. The Morgan fingerprint density at radius 2 is 1.67 bits per heavy atom. The van der Waals surface area contributed by atoms with Crippen molar-refractivity contribution in [2.75, 3.05) is 6.26 Å². The third-order valence-electron chi connectivity index (χ3n) is 2.32. The van der Waals surface area contributed by atoms with Gasteiger partial charge >= 0.3 is 0 Å². The maximum Gasteiger partial charge on any atom is 0.263 e. The molecule has 2 aromatic carbocycles. The van der Waals surface area contributed by atoms with Crippen LogP contribution in [-0.2, 0) is 0 Å². The Morgan fingerprint density at radius 1 is 1.00 bits per heavy atom. The Labute approximate surface area is 91.3 Å². The van der Waals surface area contributed by atoms with Crippen LogP contribution in [-0.4, -0.2) is 6.26 Å². The normalized spacial score (nSPS) is 11.2. The third-order valence-corrected chi connectivity index (χ3v) is 3.05. The molecule has 0 nitrogen and oxygen atoms in total. The molecule has 2 aromatic rings. The molecule has 0 aliphatic carbocycles. The number of hydrogen-bond donors (Lipinski definition) is 0. The number of alkyl halides is 2. The van der Waals surface area contributed by atoms with Gasteiger partial charge in [0.1, 0.15) is 0 Å². The van der Waals surface area contributed by atoms with E-state index in [9.17, 15) is 8.78 Å². The molecule has 0 saturated carbocycles. The van der Waals surface area contributed by atoms with Gasteiger partial charge in [0.2, 0.25) is 0 Å². The van der Waals surface area contributed by atoms with E-state index in [1.807, 2.05) is 24.5 Å². The Kier molecular flexibility index (Phi) is 2.91. The van der Waals surface area contributed by atoms with Crippen molar-refractivity contribution in [3.63, 3.8) is 0 Å². The van der Waals surface area contributed by atoms with E-state index >= 15 is 0 Å². The number of fused-ring (bicyclic) bond motifs is 1. The molecule has 2 rings (SSSR count). The summed E-state index contributed by atoms with van der Waals surface area (Å²) in [5.41, 5.74) is 0.0828. The zero-order valence-corrected chi connectivity index (χ0v) is 9.02. The average molecular weight is 224 g/mol. The number of benzene rings is 2. The van der Waals surface area contributed by atoms with E-state index in [0.717, 1.165) is 15.7 Å². The van der Waals surface area contributed by atoms with Gasteiger partial charge in [-0.25, -0.2) is 8.78 Å². The molecule has 0 saturated heterocycles. The van der Waals surface area contributed by atoms with E-state index < -0.39 is 6.43 Å². The summed E-state index contributed by atoms with van der Waals surface area (Å²) >= 11 is 1.65. The SMILES string of the molecule is CSc1ccc2cc(C(F)F)ccc2c1. The molecule has 0 bridgehead atoms. The van der Waals surface area contributed by atoms with Crippen molar-refractivity contribution in [2.24, 2.45) is 0 Å². The lowest BCUT2D eigenvalue weighted by molar-refractivity contribution is 0.151. The second kappa shape index (κ2) is 4.19. The minimum absolute atomic E-state index is 0.0828. The number of hydrogen-bond acceptors (Lipinski definition) is 1. The highest BCUT2D eigenvalue weighted by atomic mass is 32.2. The molecule has 0 unspecified atom stereocenters. The summed E-state index contributed by atoms with van der Waals surface area (Å²) in [5, 5.41) is 1.87. The Morgan fingerprint density at radius 3 is 2.33 bits per heavy atom. The van der Waals surface area contributed by atoms with Crippen LogP contribution in [0.15, 0.2) is 41.3 Å². The van der Waals surface area contributed by atoms with Gasteiger partial charge in [-0.05, 0) is 35.2 Å². The van der Waals surface area contributed by atoms with E-state index in [4.69, 9.17) is 0 Å². The minimum Gasteiger partial charge on any atom is -0.205 e. The van der Waals surface area contributed by atoms with Crippen LogP contribution >= 0.6 is 11.8 Å². The van der Waals surface area contributed by atoms with E-state index in [0.29, 0.717) is 0 Å². The molecule has 0 aliphatic heterocycles. The molecule has 0 heterocycles. The maximum atomic E-state index is 12.4. The van der Waals surface area contributed by atoms with Gasteiger partial charge in [0.25, 0.3) is 6.43 Å². The highest BCUT2D eigenvalue weighted by Crippen LogP contribution is 2.26. The van der Waals surface area contributed by atoms with E-state index in [1.165, 1.54) is 6.07 Å². The van der Waals surface area contributed by atoms with Crippen molar-refractivity contribution in [1.29, 1.82) is 0 Å². The first kappa shape index (κ1) is 10.4. The van der Waals surface area contributed by atoms with E-state index in [2.05, 4.69) is 0 Å². The molecule has 0 amide bonds. The molecule has 0 radical (unpaired) electrons. The van der Waals surface area contributed by atoms with Crippen molar-refractivity contribution in [3.05, 3.63) is 42.0 Å². The maximum absolute atomic E-state index is 12.4. The number of rotatable bonds is 2. The quantitative estimate of drug-likeness (QED) is 0.677. The molecular weight excluding hydrogens is 214 g/mol. The van der Waals surface area contributed by atoms with Gasteiger partial charge in [-0.15, -0.1) is 11.8 Å². The predicted molar refractivity (Wildman–Crippen MR) is 60.7 cm³/mol. The van der Waals surface area contributed by atoms with Gasteiger partial charge in [0.15, 0.2) is 0 Å². The summed E-state index contributed by atoms with van der Waals surface area (Å²) in [6.45, 7) is 0. The molecule has 78 valence electrons. The van der Waals surface area contributed by atoms with E-state index in [1.54, 1.807) is 23.9 Å². The van der Waals surface area contributed by atoms with Crippen molar-refractivity contribution in [1.82, 2.24) is 0 Å². The summed E-state index contributed by atoms with van der Waals surface area (Å²) in [6, 6.07) is 10.6. The van der Waals surface area contributed by atoms with Crippen LogP contribution in [0.3, 0.4) is 0 Å². The molecular formula is C12H10F2S. The summed E-state index contributed by atoms with van der Waals surface area (Å²) in [7, 11) is 0. The Hall–Kier alpha value is -1.09. The molecule has 3 heteroatoms. The number of thioether (sulfide) groups is 1. The Bertz CT molecular complexity index is 480. The predicted octanol–water partition coefficient (Wildman–Crippen LogP) is 4.50. The first-order chi connectivity index (χ1) is 7.20. The van der Waals surface area contributed by atoms with Crippen LogP contribution in [0.1, 0.15) is 12.0 Å². The van der Waals surface area contributed by atoms with Gasteiger partial charge < -0.3 is 0 Å². The first-order valence-electron chi connectivity index (χ1n) is 4.56. The van der Waals surface area contributed by atoms with Crippen LogP contribution in [0.5, 0.6) is 0 Å². The lowest BCUT2D eigenvalue weighted by atomic mass is 10.1. The fraction of sp³-hybridized carbons (Fsp3) is 0.167. The van der Waals surface area contributed by atoms with Gasteiger partial charge in [-0.1, -0.05) is 18.2 Å². The molecule has 15 heavy (non-hydrogen) atoms. The van der Waals surface area contributed by atoms with Crippen molar-refractivity contribution >= 4 is 22.5 Å². The summed E-state index contributed by atoms with van der Waals surface area (Å²) < 4.78 is 24.9. The molecule has 0 aliphatic rings. The van der Waals surface area contributed by atoms with Gasteiger partial charge in [-0.2, -0.15) is 0 Å². The lowest BCUT2D eigenvalue weighted by Gasteiger charge is -2.04. The Balaban J connectivity index is 2.55. The van der Waals surface area contributed by atoms with Crippen molar-refractivity contribution in [2.45, 2.75) is 11.3 Å². The fourth-order valence-corrected chi connectivity index (χ4v) is 1.95. The number of halogens is 2. The van der Waals surface area contributed by atoms with Gasteiger partial charge in [-0.3, -0.25) is 0 Å². The van der Waals surface area contributed by atoms with Crippen molar-refractivity contribution in [3.8, 4) is 0 Å². The highest BCUT2D eigenvalue weighted by Gasteiger charge is 2.07. The first-order valence-corrected chi connectivity index (χ1v) is 5.79. The molecule has 0 spiro atoms. The standard InChI is InChI=1S/C12H10F2S/c1-15-11-5-4-8-6-10(12(13)14)3-2-9(8)7-11/h2-7,12H,1H3. The summed E-state index contributed by atoms with van der Waals surface area (Å²) in [4.78, 5) is 1.15. The molecule has 0 fully saturated rings. The third kappa shape index (κ3) is 2.12. The second-order valence-electron chi connectivity index (χ2n) is 3.27. The smallest absolute Gasteiger partial charge is 0.205 e.